The molecule has 0 heterocycles. The molecule has 0 aliphatic rings. The molecule has 0 radical (unpaired) electrons. The molecule has 0 aromatic heterocycles. The number of carboxylic acid groups (broad SMARTS) is 1. The van der Waals surface area contributed by atoms with Crippen LogP contribution in [-0.4, -0.2) is 82.3 Å². The standard InChI is InChI=1S/C62H113NO8/c1-6-8-10-12-14-16-18-20-22-24-26-28-30-32-34-36-38-40-42-44-46-48-50-52-59(64)69-56-58(57-70-62(61(66)67)68-55-54-63(3,4)5)71-60(65)53-51-49-47-45-43-41-39-37-35-33-31-29-27-25-23-21-19-17-15-13-11-9-7-2/h9,11,15,17,21,23,27,29,58,62H,6-8,10,12-14,16,18-20,22,24-26,28,30-57H2,1-5H3/b11-9-,17-15-,23-21-,29-27-. The third kappa shape index (κ3) is 54.9. The van der Waals surface area contributed by atoms with Crippen molar-refractivity contribution in [1.29, 1.82) is 0 Å². The SMILES string of the molecule is CC/C=C\C/C=C\C/C=C\C/C=C\CCCCCCCCCCCCC(=O)OC(COC(=O)CCCCCCCCCCCCCCCCCCCCCCCCC)COC(OCC[N+](C)(C)C)C(=O)[O-]. The van der Waals surface area contributed by atoms with Crippen molar-refractivity contribution in [1.82, 2.24) is 0 Å². The zero-order valence-electron chi connectivity index (χ0n) is 47.1. The van der Waals surface area contributed by atoms with Gasteiger partial charge in [0.15, 0.2) is 12.4 Å². The molecule has 0 aliphatic carbocycles. The Bertz CT molecular complexity index is 1300. The van der Waals surface area contributed by atoms with Gasteiger partial charge in [-0.25, -0.2) is 0 Å². The van der Waals surface area contributed by atoms with Gasteiger partial charge < -0.3 is 33.3 Å². The van der Waals surface area contributed by atoms with Gasteiger partial charge in [-0.15, -0.1) is 0 Å². The Labute approximate surface area is 438 Å². The lowest BCUT2D eigenvalue weighted by atomic mass is 10.0. The van der Waals surface area contributed by atoms with Crippen LogP contribution in [0.15, 0.2) is 48.6 Å². The maximum absolute atomic E-state index is 12.9. The van der Waals surface area contributed by atoms with Crippen LogP contribution in [0.4, 0.5) is 0 Å². The summed E-state index contributed by atoms with van der Waals surface area (Å²) in [5, 5.41) is 11.8. The highest BCUT2D eigenvalue weighted by Gasteiger charge is 2.22. The number of esters is 2. The van der Waals surface area contributed by atoms with Crippen molar-refractivity contribution in [2.24, 2.45) is 0 Å². The molecule has 9 heteroatoms. The summed E-state index contributed by atoms with van der Waals surface area (Å²) in [7, 11) is 5.93. The van der Waals surface area contributed by atoms with Crippen LogP contribution in [0.3, 0.4) is 0 Å². The van der Waals surface area contributed by atoms with E-state index in [2.05, 4.69) is 62.5 Å². The molecule has 0 spiro atoms. The molecule has 0 fully saturated rings. The van der Waals surface area contributed by atoms with Crippen molar-refractivity contribution >= 4 is 17.9 Å². The first-order chi connectivity index (χ1) is 34.6. The van der Waals surface area contributed by atoms with E-state index < -0.39 is 24.3 Å². The first-order valence-corrected chi connectivity index (χ1v) is 29.8. The first kappa shape index (κ1) is 68.2. The maximum atomic E-state index is 12.9. The topological polar surface area (TPSA) is 111 Å². The molecule has 2 atom stereocenters. The largest absolute Gasteiger partial charge is 0.545 e. The summed E-state index contributed by atoms with van der Waals surface area (Å²) < 4.78 is 22.7. The molecule has 9 nitrogen and oxygen atoms in total. The summed E-state index contributed by atoms with van der Waals surface area (Å²) in [6, 6.07) is 0. The smallest absolute Gasteiger partial charge is 0.306 e. The number of likely N-dealkylation sites (N-methyl/N-ethyl adjacent to an activating group) is 1. The van der Waals surface area contributed by atoms with E-state index in [9.17, 15) is 19.5 Å². The molecule has 0 aliphatic heterocycles. The average Bonchev–Trinajstić information content (AvgIpc) is 3.34. The molecular formula is C62H113NO8. The number of carbonyl (C=O) groups excluding carboxylic acids is 3. The number of quaternary nitrogens is 1. The molecule has 2 unspecified atom stereocenters. The van der Waals surface area contributed by atoms with E-state index in [-0.39, 0.29) is 32.2 Å². The fourth-order valence-corrected chi connectivity index (χ4v) is 8.53. The molecule has 71 heavy (non-hydrogen) atoms. The highest BCUT2D eigenvalue weighted by Crippen LogP contribution is 2.17. The van der Waals surface area contributed by atoms with Gasteiger partial charge in [0.1, 0.15) is 13.2 Å². The number of nitrogens with zero attached hydrogens (tertiary/aromatic N) is 1. The predicted molar refractivity (Wildman–Crippen MR) is 297 cm³/mol. The third-order valence-electron chi connectivity index (χ3n) is 13.1. The number of rotatable bonds is 55. The predicted octanol–water partition coefficient (Wildman–Crippen LogP) is 16.1. The van der Waals surface area contributed by atoms with Crippen LogP contribution in [0, 0.1) is 0 Å². The highest BCUT2D eigenvalue weighted by atomic mass is 16.7. The maximum Gasteiger partial charge on any atom is 0.306 e. The van der Waals surface area contributed by atoms with Gasteiger partial charge in [0.05, 0.1) is 40.3 Å². The number of unbranched alkanes of at least 4 members (excludes halogenated alkanes) is 32. The first-order valence-electron chi connectivity index (χ1n) is 29.8. The number of hydrogen-bond acceptors (Lipinski definition) is 8. The summed E-state index contributed by atoms with van der Waals surface area (Å²) in [6.07, 6.45) is 63.0. The Morgan fingerprint density at radius 3 is 1.20 bits per heavy atom. The molecule has 0 rings (SSSR count). The third-order valence-corrected chi connectivity index (χ3v) is 13.1. The number of allylic oxidation sites excluding steroid dienone is 8. The molecule has 0 bridgehead atoms. The van der Waals surface area contributed by atoms with E-state index in [1.54, 1.807) is 0 Å². The monoisotopic (exact) mass is 1000 g/mol. The van der Waals surface area contributed by atoms with Gasteiger partial charge in [-0.2, -0.15) is 0 Å². The number of aliphatic carboxylic acids is 1. The van der Waals surface area contributed by atoms with Crippen molar-refractivity contribution in [3.63, 3.8) is 0 Å². The zero-order chi connectivity index (χ0) is 52.0. The van der Waals surface area contributed by atoms with Crippen LogP contribution in [0.5, 0.6) is 0 Å². The van der Waals surface area contributed by atoms with Crippen molar-refractivity contribution in [3.8, 4) is 0 Å². The number of carbonyl (C=O) groups is 3. The van der Waals surface area contributed by atoms with E-state index in [1.165, 1.54) is 167 Å². The van der Waals surface area contributed by atoms with Crippen LogP contribution in [0.25, 0.3) is 0 Å². The van der Waals surface area contributed by atoms with E-state index in [1.807, 2.05) is 21.1 Å². The summed E-state index contributed by atoms with van der Waals surface area (Å²) in [6.45, 7) is 4.67. The molecule has 0 N–H and O–H groups in total. The minimum atomic E-state index is -1.62. The lowest BCUT2D eigenvalue weighted by Crippen LogP contribution is -2.44. The van der Waals surface area contributed by atoms with Crippen LogP contribution >= 0.6 is 0 Å². The molecule has 0 aromatic rings. The quantitative estimate of drug-likeness (QED) is 0.0195. The number of carboxylic acids is 1. The normalized spacial score (nSPS) is 13.1. The van der Waals surface area contributed by atoms with Crippen LogP contribution < -0.4 is 5.11 Å². The lowest BCUT2D eigenvalue weighted by molar-refractivity contribution is -0.870. The summed E-state index contributed by atoms with van der Waals surface area (Å²) >= 11 is 0. The van der Waals surface area contributed by atoms with Gasteiger partial charge in [-0.05, 0) is 51.4 Å². The van der Waals surface area contributed by atoms with E-state index >= 15 is 0 Å². The van der Waals surface area contributed by atoms with E-state index in [0.717, 1.165) is 70.6 Å². The summed E-state index contributed by atoms with van der Waals surface area (Å²) in [5.74, 6) is -2.27. The number of ether oxygens (including phenoxy) is 4. The fourth-order valence-electron chi connectivity index (χ4n) is 8.53. The molecular weight excluding hydrogens is 887 g/mol. The Morgan fingerprint density at radius 1 is 0.437 bits per heavy atom. The Morgan fingerprint density at radius 2 is 0.803 bits per heavy atom. The second kappa shape index (κ2) is 53.5. The van der Waals surface area contributed by atoms with Crippen LogP contribution in [0.2, 0.25) is 0 Å². The van der Waals surface area contributed by atoms with Gasteiger partial charge in [-0.3, -0.25) is 9.59 Å². The second-order valence-corrected chi connectivity index (χ2v) is 21.3. The second-order valence-electron chi connectivity index (χ2n) is 21.3. The fraction of sp³-hybridized carbons (Fsp3) is 0.823. The van der Waals surface area contributed by atoms with E-state index in [0.29, 0.717) is 23.9 Å². The Kier molecular flexibility index (Phi) is 51.5. The Balaban J connectivity index is 4.21. The summed E-state index contributed by atoms with van der Waals surface area (Å²) in [4.78, 5) is 37.3. The Hall–Kier alpha value is -2.75. The molecule has 0 aromatic carbocycles. The van der Waals surface area contributed by atoms with Crippen molar-refractivity contribution < 1.29 is 42.9 Å². The molecule has 414 valence electrons. The minimum absolute atomic E-state index is 0.147. The van der Waals surface area contributed by atoms with E-state index in [4.69, 9.17) is 18.9 Å². The zero-order valence-corrected chi connectivity index (χ0v) is 47.1. The summed E-state index contributed by atoms with van der Waals surface area (Å²) in [5.41, 5.74) is 0. The van der Waals surface area contributed by atoms with Gasteiger partial charge in [0.25, 0.3) is 0 Å². The molecule has 0 saturated carbocycles. The van der Waals surface area contributed by atoms with Crippen LogP contribution in [-0.2, 0) is 33.3 Å². The van der Waals surface area contributed by atoms with Crippen LogP contribution in [0.1, 0.15) is 271 Å². The van der Waals surface area contributed by atoms with Crippen molar-refractivity contribution in [2.75, 3.05) is 47.5 Å². The van der Waals surface area contributed by atoms with Gasteiger partial charge >= 0.3 is 11.9 Å². The lowest BCUT2D eigenvalue weighted by Gasteiger charge is -2.26. The molecule has 0 saturated heterocycles. The minimum Gasteiger partial charge on any atom is -0.545 e. The van der Waals surface area contributed by atoms with Gasteiger partial charge in [0, 0.05) is 12.8 Å². The van der Waals surface area contributed by atoms with Crippen molar-refractivity contribution in [3.05, 3.63) is 48.6 Å². The van der Waals surface area contributed by atoms with Crippen molar-refractivity contribution in [2.45, 2.75) is 283 Å². The average molecular weight is 1000 g/mol. The van der Waals surface area contributed by atoms with Gasteiger partial charge in [0.2, 0.25) is 0 Å². The number of hydrogen-bond donors (Lipinski definition) is 0. The van der Waals surface area contributed by atoms with Gasteiger partial charge in [-0.1, -0.05) is 255 Å². The molecule has 0 amide bonds. The highest BCUT2D eigenvalue weighted by molar-refractivity contribution is 5.70.